The zero-order valence-corrected chi connectivity index (χ0v) is 12.0. The first-order chi connectivity index (χ1) is 10.5. The van der Waals surface area contributed by atoms with Gasteiger partial charge in [-0.2, -0.15) is 0 Å². The predicted molar refractivity (Wildman–Crippen MR) is 86.5 cm³/mol. The summed E-state index contributed by atoms with van der Waals surface area (Å²) in [6, 6.07) is 14.2. The molecule has 110 valence electrons. The summed E-state index contributed by atoms with van der Waals surface area (Å²) in [5, 5.41) is 0. The molecule has 3 rings (SSSR count). The summed E-state index contributed by atoms with van der Waals surface area (Å²) >= 11 is 0. The molecule has 1 aliphatic rings. The molecular weight excluding hydrogens is 278 g/mol. The minimum atomic E-state index is -0.422. The molecule has 0 bridgehead atoms. The first kappa shape index (κ1) is 13.9. The van der Waals surface area contributed by atoms with Gasteiger partial charge in [0, 0.05) is 18.2 Å². The van der Waals surface area contributed by atoms with Gasteiger partial charge in [0.1, 0.15) is 0 Å². The van der Waals surface area contributed by atoms with Crippen molar-refractivity contribution < 1.29 is 9.59 Å². The molecule has 2 aromatic rings. The number of nitrogen functional groups attached to an aromatic ring is 1. The Balaban J connectivity index is 2.27. The second-order valence-corrected chi connectivity index (χ2v) is 5.09. The van der Waals surface area contributed by atoms with Crippen LogP contribution in [0.4, 0.5) is 11.4 Å². The molecule has 0 saturated heterocycles. The highest BCUT2D eigenvalue weighted by molar-refractivity contribution is 6.43. The highest BCUT2D eigenvalue weighted by Gasteiger charge is 2.37. The Hall–Kier alpha value is -3.08. The van der Waals surface area contributed by atoms with Gasteiger partial charge in [-0.25, -0.2) is 4.90 Å². The number of fused-ring (bicyclic) bond motifs is 1. The van der Waals surface area contributed by atoms with Crippen molar-refractivity contribution in [3.05, 3.63) is 59.7 Å². The van der Waals surface area contributed by atoms with Crippen LogP contribution in [-0.4, -0.2) is 11.8 Å². The Labute approximate surface area is 127 Å². The van der Waals surface area contributed by atoms with Crippen molar-refractivity contribution in [3.63, 3.8) is 0 Å². The zero-order chi connectivity index (χ0) is 15.9. The number of amides is 2. The van der Waals surface area contributed by atoms with Crippen LogP contribution in [0.2, 0.25) is 0 Å². The number of anilines is 2. The summed E-state index contributed by atoms with van der Waals surface area (Å²) in [6.07, 6.45) is 0. The lowest BCUT2D eigenvalue weighted by Gasteiger charge is -2.12. The van der Waals surface area contributed by atoms with E-state index in [-0.39, 0.29) is 5.91 Å². The van der Waals surface area contributed by atoms with Crippen molar-refractivity contribution in [3.8, 4) is 0 Å². The maximum atomic E-state index is 12.7. The Kier molecular flexibility index (Phi) is 3.18. The van der Waals surface area contributed by atoms with Gasteiger partial charge in [-0.1, -0.05) is 30.3 Å². The summed E-state index contributed by atoms with van der Waals surface area (Å²) in [5.74, 6) is -0.790. The summed E-state index contributed by atoms with van der Waals surface area (Å²) in [4.78, 5) is 25.6. The van der Waals surface area contributed by atoms with E-state index in [1.165, 1.54) is 6.92 Å². The van der Waals surface area contributed by atoms with E-state index >= 15 is 0 Å². The molecule has 0 fully saturated rings. The number of hydrogen-bond acceptors (Lipinski definition) is 4. The average molecular weight is 293 g/mol. The molecule has 1 aliphatic heterocycles. The molecular formula is C17H15N3O2. The quantitative estimate of drug-likeness (QED) is 0.621. The van der Waals surface area contributed by atoms with Gasteiger partial charge in [0.15, 0.2) is 0 Å². The molecule has 0 aromatic heterocycles. The molecule has 2 amide bonds. The number of imide groups is 1. The molecule has 22 heavy (non-hydrogen) atoms. The number of nitrogens with zero attached hydrogens (tertiary/aromatic N) is 1. The number of nitrogens with two attached hydrogens (primary N) is 2. The highest BCUT2D eigenvalue weighted by atomic mass is 16.2. The van der Waals surface area contributed by atoms with Crippen LogP contribution < -0.4 is 16.4 Å². The maximum Gasteiger partial charge on any atom is 0.267 e. The van der Waals surface area contributed by atoms with Crippen molar-refractivity contribution in [2.24, 2.45) is 5.73 Å². The normalized spacial score (nSPS) is 15.7. The lowest BCUT2D eigenvalue weighted by Crippen LogP contribution is -2.31. The van der Waals surface area contributed by atoms with Crippen LogP contribution in [0.5, 0.6) is 0 Å². The first-order valence-electron chi connectivity index (χ1n) is 6.81. The van der Waals surface area contributed by atoms with Gasteiger partial charge in [-0.15, -0.1) is 0 Å². The first-order valence-corrected chi connectivity index (χ1v) is 6.81. The zero-order valence-electron chi connectivity index (χ0n) is 12.0. The van der Waals surface area contributed by atoms with E-state index in [0.29, 0.717) is 28.2 Å². The minimum Gasteiger partial charge on any atom is -0.399 e. The molecule has 5 nitrogen and oxygen atoms in total. The number of hydrogen-bond donors (Lipinski definition) is 2. The van der Waals surface area contributed by atoms with E-state index in [4.69, 9.17) is 11.5 Å². The molecule has 0 saturated carbocycles. The van der Waals surface area contributed by atoms with E-state index in [9.17, 15) is 9.59 Å². The van der Waals surface area contributed by atoms with Gasteiger partial charge >= 0.3 is 0 Å². The molecule has 0 unspecified atom stereocenters. The van der Waals surface area contributed by atoms with E-state index in [1.807, 2.05) is 30.3 Å². The van der Waals surface area contributed by atoms with Gasteiger partial charge in [0.05, 0.1) is 17.0 Å². The molecule has 5 heteroatoms. The molecule has 0 aliphatic carbocycles. The van der Waals surface area contributed by atoms with E-state index in [0.717, 1.165) is 10.5 Å². The highest BCUT2D eigenvalue weighted by Crippen LogP contribution is 2.40. The molecule has 2 aromatic carbocycles. The minimum absolute atomic E-state index is 0.330. The Morgan fingerprint density at radius 2 is 1.77 bits per heavy atom. The lowest BCUT2D eigenvalue weighted by molar-refractivity contribution is -0.122. The van der Waals surface area contributed by atoms with Crippen LogP contribution in [0.15, 0.2) is 48.5 Å². The number of carbonyl (C=O) groups is 2. The number of carbonyl (C=O) groups excluding carboxylic acids is 2. The summed E-state index contributed by atoms with van der Waals surface area (Å²) in [5.41, 5.74) is 15.0. The smallest absolute Gasteiger partial charge is 0.267 e. The second kappa shape index (κ2) is 5.04. The van der Waals surface area contributed by atoms with E-state index in [1.54, 1.807) is 18.2 Å². The van der Waals surface area contributed by atoms with Crippen LogP contribution in [0, 0.1) is 0 Å². The van der Waals surface area contributed by atoms with Crippen LogP contribution in [0.1, 0.15) is 18.1 Å². The van der Waals surface area contributed by atoms with Gasteiger partial charge < -0.3 is 11.5 Å². The lowest BCUT2D eigenvalue weighted by atomic mass is 10.0. The van der Waals surface area contributed by atoms with Gasteiger partial charge in [0.25, 0.3) is 5.91 Å². The monoisotopic (exact) mass is 293 g/mol. The number of rotatable bonds is 1. The maximum absolute atomic E-state index is 12.7. The topological polar surface area (TPSA) is 89.4 Å². The van der Waals surface area contributed by atoms with Gasteiger partial charge in [-0.3, -0.25) is 9.59 Å². The summed E-state index contributed by atoms with van der Waals surface area (Å²) < 4.78 is 0. The van der Waals surface area contributed by atoms with Crippen LogP contribution >= 0.6 is 0 Å². The summed E-state index contributed by atoms with van der Waals surface area (Å²) in [6.45, 7) is 1.34. The number of benzene rings is 2. The third-order valence-electron chi connectivity index (χ3n) is 3.62. The van der Waals surface area contributed by atoms with Crippen LogP contribution in [-0.2, 0) is 9.59 Å². The second-order valence-electron chi connectivity index (χ2n) is 5.09. The Morgan fingerprint density at radius 1 is 1.09 bits per heavy atom. The van der Waals surface area contributed by atoms with Crippen LogP contribution in [0.25, 0.3) is 11.3 Å². The fourth-order valence-corrected chi connectivity index (χ4v) is 2.62. The third kappa shape index (κ3) is 2.03. The van der Waals surface area contributed by atoms with Crippen molar-refractivity contribution in [1.29, 1.82) is 0 Å². The van der Waals surface area contributed by atoms with Crippen LogP contribution in [0.3, 0.4) is 0 Å². The van der Waals surface area contributed by atoms with E-state index < -0.39 is 5.91 Å². The Bertz CT molecular complexity index is 810. The molecule has 0 atom stereocenters. The molecule has 4 N–H and O–H groups in total. The SMILES string of the molecule is CC(=O)N1C(=O)/C(=C(\N)c2ccccc2)c2ccc(N)cc21. The van der Waals surface area contributed by atoms with Gasteiger partial charge in [-0.05, 0) is 23.8 Å². The van der Waals surface area contributed by atoms with Crippen molar-refractivity contribution in [2.75, 3.05) is 10.6 Å². The van der Waals surface area contributed by atoms with Crippen molar-refractivity contribution >= 4 is 34.5 Å². The van der Waals surface area contributed by atoms with E-state index in [2.05, 4.69) is 0 Å². The fraction of sp³-hybridized carbons (Fsp3) is 0.0588. The Morgan fingerprint density at radius 3 is 2.41 bits per heavy atom. The standard InChI is InChI=1S/C17H15N3O2/c1-10(21)20-14-9-12(18)7-8-13(14)15(17(20)22)16(19)11-5-3-2-4-6-11/h2-9H,18-19H2,1H3/b16-15-. The van der Waals surface area contributed by atoms with Gasteiger partial charge in [0.2, 0.25) is 5.91 Å². The third-order valence-corrected chi connectivity index (χ3v) is 3.62. The van der Waals surface area contributed by atoms with Crippen molar-refractivity contribution in [2.45, 2.75) is 6.92 Å². The summed E-state index contributed by atoms with van der Waals surface area (Å²) in [7, 11) is 0. The molecule has 0 radical (unpaired) electrons. The fourth-order valence-electron chi connectivity index (χ4n) is 2.62. The average Bonchev–Trinajstić information content (AvgIpc) is 2.78. The molecule has 1 heterocycles. The van der Waals surface area contributed by atoms with Crippen molar-refractivity contribution in [1.82, 2.24) is 0 Å². The predicted octanol–water partition coefficient (Wildman–Crippen LogP) is 1.99. The molecule has 0 spiro atoms. The largest absolute Gasteiger partial charge is 0.399 e.